The molecule has 7 heteroatoms. The molecule has 140 valence electrons. The van der Waals surface area contributed by atoms with Crippen LogP contribution in [0.4, 0.5) is 0 Å². The van der Waals surface area contributed by atoms with Crippen molar-refractivity contribution in [2.45, 2.75) is 56.8 Å². The van der Waals surface area contributed by atoms with E-state index in [9.17, 15) is 4.79 Å². The van der Waals surface area contributed by atoms with E-state index >= 15 is 0 Å². The highest BCUT2D eigenvalue weighted by atomic mass is 32.2. The summed E-state index contributed by atoms with van der Waals surface area (Å²) in [7, 11) is 1.91. The average Bonchev–Trinajstić information content (AvgIpc) is 3.23. The highest BCUT2D eigenvalue weighted by Gasteiger charge is 2.20. The molecule has 1 atom stereocenters. The van der Waals surface area contributed by atoms with Crippen molar-refractivity contribution >= 4 is 17.7 Å². The van der Waals surface area contributed by atoms with Crippen LogP contribution < -0.4 is 10.1 Å². The standard InChI is InChI=1S/C19H26N4O2S/c1-13-7-6-10-16(11-13)25-14(2)18-21-22-19(23(18)3)26-12-17(24)20-15-8-4-5-9-15/h6-7,10-11,14-15H,4-5,8-9,12H2,1-3H3,(H,20,24). The number of nitrogens with zero attached hydrogens (tertiary/aromatic N) is 3. The third-order valence-electron chi connectivity index (χ3n) is 4.59. The number of rotatable bonds is 7. The Morgan fingerprint density at radius 1 is 1.38 bits per heavy atom. The lowest BCUT2D eigenvalue weighted by Crippen LogP contribution is -2.33. The molecule has 0 bridgehead atoms. The first-order valence-corrected chi connectivity index (χ1v) is 10.1. The largest absolute Gasteiger partial charge is 0.483 e. The molecule has 1 N–H and O–H groups in total. The second-order valence-corrected chi connectivity index (χ2v) is 7.76. The third-order valence-corrected chi connectivity index (χ3v) is 5.61. The van der Waals surface area contributed by atoms with Gasteiger partial charge in [0.15, 0.2) is 17.1 Å². The van der Waals surface area contributed by atoms with Gasteiger partial charge in [-0.15, -0.1) is 10.2 Å². The Morgan fingerprint density at radius 3 is 2.88 bits per heavy atom. The first-order valence-electron chi connectivity index (χ1n) is 9.07. The summed E-state index contributed by atoms with van der Waals surface area (Å²) < 4.78 is 7.87. The number of thioether (sulfide) groups is 1. The Morgan fingerprint density at radius 2 is 2.15 bits per heavy atom. The zero-order chi connectivity index (χ0) is 18.5. The average molecular weight is 375 g/mol. The summed E-state index contributed by atoms with van der Waals surface area (Å²) in [6.07, 6.45) is 4.39. The number of aryl methyl sites for hydroxylation is 1. The Kier molecular flexibility index (Phi) is 6.19. The van der Waals surface area contributed by atoms with Gasteiger partial charge < -0.3 is 14.6 Å². The number of carbonyl (C=O) groups excluding carboxylic acids is 1. The monoisotopic (exact) mass is 374 g/mol. The van der Waals surface area contributed by atoms with Gasteiger partial charge in [0.05, 0.1) is 5.75 Å². The zero-order valence-electron chi connectivity index (χ0n) is 15.6. The molecule has 1 aliphatic carbocycles. The van der Waals surface area contributed by atoms with E-state index in [2.05, 4.69) is 15.5 Å². The maximum absolute atomic E-state index is 12.1. The Balaban J connectivity index is 1.55. The minimum atomic E-state index is -0.226. The molecule has 0 saturated heterocycles. The smallest absolute Gasteiger partial charge is 0.230 e. The molecule has 1 aliphatic rings. The molecule has 26 heavy (non-hydrogen) atoms. The molecule has 1 heterocycles. The topological polar surface area (TPSA) is 69.0 Å². The Hall–Kier alpha value is -2.02. The van der Waals surface area contributed by atoms with Crippen LogP contribution in [0.5, 0.6) is 5.75 Å². The summed E-state index contributed by atoms with van der Waals surface area (Å²) in [5.74, 6) is 1.97. The summed E-state index contributed by atoms with van der Waals surface area (Å²) in [5, 5.41) is 12.3. The second kappa shape index (κ2) is 8.58. The predicted molar refractivity (Wildman–Crippen MR) is 102 cm³/mol. The van der Waals surface area contributed by atoms with E-state index in [4.69, 9.17) is 4.74 Å². The van der Waals surface area contributed by atoms with Gasteiger partial charge in [-0.05, 0) is 44.4 Å². The molecule has 0 radical (unpaired) electrons. The predicted octanol–water partition coefficient (Wildman–Crippen LogP) is 3.41. The molecular formula is C19H26N4O2S. The summed E-state index contributed by atoms with van der Waals surface area (Å²) in [6, 6.07) is 8.28. The number of hydrogen-bond acceptors (Lipinski definition) is 5. The molecule has 0 aliphatic heterocycles. The minimum Gasteiger partial charge on any atom is -0.483 e. The van der Waals surface area contributed by atoms with Crippen molar-refractivity contribution in [3.63, 3.8) is 0 Å². The maximum atomic E-state index is 12.1. The van der Waals surface area contributed by atoms with Crippen molar-refractivity contribution in [3.05, 3.63) is 35.7 Å². The molecule has 1 amide bonds. The number of hydrogen-bond donors (Lipinski definition) is 1. The van der Waals surface area contributed by atoms with E-state index < -0.39 is 0 Å². The molecule has 3 rings (SSSR count). The van der Waals surface area contributed by atoms with Gasteiger partial charge in [0.1, 0.15) is 5.75 Å². The van der Waals surface area contributed by atoms with Crippen molar-refractivity contribution in [3.8, 4) is 5.75 Å². The lowest BCUT2D eigenvalue weighted by atomic mass is 10.2. The Labute approximate surface area is 158 Å². The molecule has 1 aromatic carbocycles. The van der Waals surface area contributed by atoms with E-state index in [1.807, 2.05) is 49.7 Å². The molecular weight excluding hydrogens is 348 g/mol. The van der Waals surface area contributed by atoms with Crippen molar-refractivity contribution in [1.29, 1.82) is 0 Å². The highest BCUT2D eigenvalue weighted by Crippen LogP contribution is 2.24. The molecule has 2 aromatic rings. The van der Waals surface area contributed by atoms with Gasteiger partial charge in [-0.25, -0.2) is 0 Å². The minimum absolute atomic E-state index is 0.0653. The van der Waals surface area contributed by atoms with Crippen LogP contribution in [0.3, 0.4) is 0 Å². The molecule has 0 spiro atoms. The number of nitrogens with one attached hydrogen (secondary N) is 1. The molecule has 1 unspecified atom stereocenters. The summed E-state index contributed by atoms with van der Waals surface area (Å²) in [6.45, 7) is 3.98. The van der Waals surface area contributed by atoms with Gasteiger partial charge in [-0.1, -0.05) is 36.7 Å². The van der Waals surface area contributed by atoms with Crippen LogP contribution in [-0.2, 0) is 11.8 Å². The fourth-order valence-corrected chi connectivity index (χ4v) is 3.95. The van der Waals surface area contributed by atoms with E-state index in [0.717, 1.165) is 35.1 Å². The van der Waals surface area contributed by atoms with Crippen molar-refractivity contribution in [2.24, 2.45) is 7.05 Å². The van der Waals surface area contributed by atoms with Crippen LogP contribution in [-0.4, -0.2) is 32.5 Å². The maximum Gasteiger partial charge on any atom is 0.230 e. The van der Waals surface area contributed by atoms with Crippen LogP contribution in [0.15, 0.2) is 29.4 Å². The van der Waals surface area contributed by atoms with E-state index in [-0.39, 0.29) is 12.0 Å². The fourth-order valence-electron chi connectivity index (χ4n) is 3.22. The number of amides is 1. The first kappa shape index (κ1) is 18.8. The highest BCUT2D eigenvalue weighted by molar-refractivity contribution is 7.99. The van der Waals surface area contributed by atoms with Crippen molar-refractivity contribution in [1.82, 2.24) is 20.1 Å². The van der Waals surface area contributed by atoms with Gasteiger partial charge >= 0.3 is 0 Å². The van der Waals surface area contributed by atoms with E-state index in [0.29, 0.717) is 11.8 Å². The second-order valence-electron chi connectivity index (χ2n) is 6.81. The quantitative estimate of drug-likeness (QED) is 0.752. The Bertz CT molecular complexity index is 756. The first-order chi connectivity index (χ1) is 12.5. The van der Waals surface area contributed by atoms with Gasteiger partial charge in [0.2, 0.25) is 5.91 Å². The summed E-state index contributed by atoms with van der Waals surface area (Å²) >= 11 is 1.41. The third kappa shape index (κ3) is 4.78. The lowest BCUT2D eigenvalue weighted by molar-refractivity contribution is -0.119. The molecule has 1 aromatic heterocycles. The van der Waals surface area contributed by atoms with Crippen LogP contribution in [0.25, 0.3) is 0 Å². The SMILES string of the molecule is Cc1cccc(OC(C)c2nnc(SCC(=O)NC3CCCC3)n2C)c1. The van der Waals surface area contributed by atoms with E-state index in [1.54, 1.807) is 0 Å². The lowest BCUT2D eigenvalue weighted by Gasteiger charge is -2.14. The van der Waals surface area contributed by atoms with Crippen molar-refractivity contribution < 1.29 is 9.53 Å². The van der Waals surface area contributed by atoms with Gasteiger partial charge in [0.25, 0.3) is 0 Å². The van der Waals surface area contributed by atoms with Crippen molar-refractivity contribution in [2.75, 3.05) is 5.75 Å². The van der Waals surface area contributed by atoms with E-state index in [1.165, 1.54) is 24.6 Å². The normalized spacial score (nSPS) is 15.8. The number of benzene rings is 1. The number of ether oxygens (including phenoxy) is 1. The van der Waals surface area contributed by atoms with Gasteiger partial charge in [0, 0.05) is 13.1 Å². The van der Waals surface area contributed by atoms with Gasteiger partial charge in [-0.2, -0.15) is 0 Å². The molecule has 6 nitrogen and oxygen atoms in total. The summed E-state index contributed by atoms with van der Waals surface area (Å²) in [4.78, 5) is 12.1. The van der Waals surface area contributed by atoms with Crippen LogP contribution in [0.1, 0.15) is 50.1 Å². The van der Waals surface area contributed by atoms with Crippen LogP contribution >= 0.6 is 11.8 Å². The number of aromatic nitrogens is 3. The van der Waals surface area contributed by atoms with Crippen LogP contribution in [0, 0.1) is 6.92 Å². The molecule has 1 saturated carbocycles. The summed E-state index contributed by atoms with van der Waals surface area (Å²) in [5.41, 5.74) is 1.15. The van der Waals surface area contributed by atoms with Crippen LogP contribution in [0.2, 0.25) is 0 Å². The molecule has 1 fully saturated rings. The zero-order valence-corrected chi connectivity index (χ0v) is 16.4. The number of carbonyl (C=O) groups is 1. The fraction of sp³-hybridized carbons (Fsp3) is 0.526. The van der Waals surface area contributed by atoms with Gasteiger partial charge in [-0.3, -0.25) is 4.79 Å².